The van der Waals surface area contributed by atoms with Gasteiger partial charge in [-0.15, -0.1) is 0 Å². The van der Waals surface area contributed by atoms with Crippen LogP contribution in [-0.4, -0.2) is 50.6 Å². The fourth-order valence-corrected chi connectivity index (χ4v) is 3.72. The Labute approximate surface area is 197 Å². The molecule has 2 aromatic carbocycles. The first kappa shape index (κ1) is 24.5. The van der Waals surface area contributed by atoms with Gasteiger partial charge in [-0.1, -0.05) is 31.5 Å². The number of imide groups is 1. The van der Waals surface area contributed by atoms with Crippen LogP contribution in [0.15, 0.2) is 48.2 Å². The molecule has 0 atom stereocenters. The summed E-state index contributed by atoms with van der Waals surface area (Å²) in [5.74, 6) is -0.553. The molecule has 0 fully saturated rings. The fourth-order valence-electron chi connectivity index (χ4n) is 3.72. The highest BCUT2D eigenvalue weighted by molar-refractivity contribution is 6.36. The SMILES string of the molecule is CCCCOCCCN1C(=O)C(Nc2ccc(N(C)C)cc2)=C(c2ccc(C)c(C)c2)C1=O. The molecule has 0 spiro atoms. The Kier molecular flexibility index (Phi) is 8.28. The van der Waals surface area contributed by atoms with Gasteiger partial charge in [-0.25, -0.2) is 0 Å². The maximum atomic E-state index is 13.4. The van der Waals surface area contributed by atoms with Gasteiger partial charge in [-0.3, -0.25) is 14.5 Å². The molecule has 0 aromatic heterocycles. The number of hydrogen-bond donors (Lipinski definition) is 1. The van der Waals surface area contributed by atoms with Crippen molar-refractivity contribution >= 4 is 28.8 Å². The van der Waals surface area contributed by atoms with Crippen molar-refractivity contribution in [1.29, 1.82) is 0 Å². The standard InChI is InChI=1S/C27H35N3O3/c1-6-7-16-33-17-8-15-30-26(31)24(21-10-9-19(2)20(3)18-21)25(27(30)32)28-22-11-13-23(14-12-22)29(4)5/h9-14,18,28H,6-8,15-17H2,1-5H3. The Hall–Kier alpha value is -3.12. The number of carbonyl (C=O) groups excluding carboxylic acids is 2. The van der Waals surface area contributed by atoms with Crippen molar-refractivity contribution in [2.24, 2.45) is 0 Å². The summed E-state index contributed by atoms with van der Waals surface area (Å²) in [4.78, 5) is 30.1. The molecular weight excluding hydrogens is 414 g/mol. The molecular formula is C27H35N3O3. The first-order valence-corrected chi connectivity index (χ1v) is 11.6. The van der Waals surface area contributed by atoms with Gasteiger partial charge >= 0.3 is 0 Å². The molecule has 3 rings (SSSR count). The highest BCUT2D eigenvalue weighted by atomic mass is 16.5. The van der Waals surface area contributed by atoms with E-state index in [1.165, 1.54) is 4.90 Å². The minimum Gasteiger partial charge on any atom is -0.381 e. The zero-order valence-corrected chi connectivity index (χ0v) is 20.4. The van der Waals surface area contributed by atoms with Gasteiger partial charge in [0.2, 0.25) is 0 Å². The predicted octanol–water partition coefficient (Wildman–Crippen LogP) is 4.77. The second kappa shape index (κ2) is 11.1. The highest BCUT2D eigenvalue weighted by Crippen LogP contribution is 2.32. The molecule has 1 N–H and O–H groups in total. The van der Waals surface area contributed by atoms with Crippen molar-refractivity contribution in [3.8, 4) is 0 Å². The van der Waals surface area contributed by atoms with E-state index in [1.807, 2.05) is 75.3 Å². The summed E-state index contributed by atoms with van der Waals surface area (Å²) in [5.41, 5.74) is 5.55. The molecule has 1 aliphatic rings. The lowest BCUT2D eigenvalue weighted by Crippen LogP contribution is -2.34. The number of anilines is 2. The maximum Gasteiger partial charge on any atom is 0.278 e. The number of benzene rings is 2. The van der Waals surface area contributed by atoms with E-state index >= 15 is 0 Å². The molecule has 0 aliphatic carbocycles. The molecule has 176 valence electrons. The normalized spacial score (nSPS) is 13.8. The minimum atomic E-state index is -0.293. The van der Waals surface area contributed by atoms with Crippen LogP contribution < -0.4 is 10.2 Å². The minimum absolute atomic E-state index is 0.260. The van der Waals surface area contributed by atoms with E-state index in [0.29, 0.717) is 37.4 Å². The van der Waals surface area contributed by atoms with Gasteiger partial charge in [0, 0.05) is 45.2 Å². The van der Waals surface area contributed by atoms with E-state index in [4.69, 9.17) is 4.74 Å². The lowest BCUT2D eigenvalue weighted by atomic mass is 9.99. The number of hydrogen-bond acceptors (Lipinski definition) is 5. The number of rotatable bonds is 11. The lowest BCUT2D eigenvalue weighted by Gasteiger charge is -2.16. The Morgan fingerprint density at radius 2 is 1.61 bits per heavy atom. The summed E-state index contributed by atoms with van der Waals surface area (Å²) >= 11 is 0. The third kappa shape index (κ3) is 5.82. The number of aryl methyl sites for hydroxylation is 2. The van der Waals surface area contributed by atoms with Crippen molar-refractivity contribution in [2.75, 3.05) is 44.1 Å². The molecule has 1 aliphatic heterocycles. The van der Waals surface area contributed by atoms with Gasteiger partial charge in [0.1, 0.15) is 5.70 Å². The summed E-state index contributed by atoms with van der Waals surface area (Å²) in [6.07, 6.45) is 2.71. The van der Waals surface area contributed by atoms with E-state index in [1.54, 1.807) is 0 Å². The number of nitrogens with zero attached hydrogens (tertiary/aromatic N) is 2. The van der Waals surface area contributed by atoms with Crippen molar-refractivity contribution in [3.63, 3.8) is 0 Å². The van der Waals surface area contributed by atoms with E-state index in [9.17, 15) is 9.59 Å². The van der Waals surface area contributed by atoms with Crippen LogP contribution >= 0.6 is 0 Å². The van der Waals surface area contributed by atoms with Gasteiger partial charge < -0.3 is 15.0 Å². The Morgan fingerprint density at radius 1 is 0.909 bits per heavy atom. The second-order valence-corrected chi connectivity index (χ2v) is 8.70. The molecule has 2 amide bonds. The quantitative estimate of drug-likeness (QED) is 0.396. The maximum absolute atomic E-state index is 13.4. The number of ether oxygens (including phenoxy) is 1. The molecule has 0 unspecified atom stereocenters. The van der Waals surface area contributed by atoms with Crippen molar-refractivity contribution in [2.45, 2.75) is 40.0 Å². The number of unbranched alkanes of at least 4 members (excludes halogenated alkanes) is 1. The summed E-state index contributed by atoms with van der Waals surface area (Å²) in [6.45, 7) is 7.74. The summed E-state index contributed by atoms with van der Waals surface area (Å²) in [7, 11) is 3.96. The van der Waals surface area contributed by atoms with Crippen molar-refractivity contribution < 1.29 is 14.3 Å². The smallest absolute Gasteiger partial charge is 0.278 e. The largest absolute Gasteiger partial charge is 0.381 e. The molecule has 6 heteroatoms. The average Bonchev–Trinajstić information content (AvgIpc) is 3.02. The third-order valence-electron chi connectivity index (χ3n) is 5.93. The molecule has 0 radical (unpaired) electrons. The van der Waals surface area contributed by atoms with Crippen LogP contribution in [0.3, 0.4) is 0 Å². The molecule has 33 heavy (non-hydrogen) atoms. The van der Waals surface area contributed by atoms with Gasteiger partial charge in [-0.2, -0.15) is 0 Å². The highest BCUT2D eigenvalue weighted by Gasteiger charge is 2.39. The Bertz CT molecular complexity index is 1030. The summed E-state index contributed by atoms with van der Waals surface area (Å²) < 4.78 is 5.62. The number of amides is 2. The van der Waals surface area contributed by atoms with Crippen LogP contribution in [0.2, 0.25) is 0 Å². The van der Waals surface area contributed by atoms with E-state index < -0.39 is 0 Å². The third-order valence-corrected chi connectivity index (χ3v) is 5.93. The molecule has 0 saturated carbocycles. The molecule has 2 aromatic rings. The van der Waals surface area contributed by atoms with Crippen molar-refractivity contribution in [1.82, 2.24) is 4.90 Å². The lowest BCUT2D eigenvalue weighted by molar-refractivity contribution is -0.137. The van der Waals surface area contributed by atoms with Crippen LogP contribution in [0.25, 0.3) is 5.57 Å². The zero-order valence-electron chi connectivity index (χ0n) is 20.4. The van der Waals surface area contributed by atoms with Crippen LogP contribution in [0, 0.1) is 13.8 Å². The molecule has 0 bridgehead atoms. The first-order valence-electron chi connectivity index (χ1n) is 11.6. The van der Waals surface area contributed by atoms with Crippen LogP contribution in [0.5, 0.6) is 0 Å². The molecule has 1 heterocycles. The second-order valence-electron chi connectivity index (χ2n) is 8.70. The van der Waals surface area contributed by atoms with Crippen LogP contribution in [-0.2, 0) is 14.3 Å². The molecule has 0 saturated heterocycles. The topological polar surface area (TPSA) is 61.9 Å². The number of carbonyl (C=O) groups is 2. The van der Waals surface area contributed by atoms with Gasteiger partial charge in [0.25, 0.3) is 11.8 Å². The van der Waals surface area contributed by atoms with Gasteiger partial charge in [0.15, 0.2) is 0 Å². The first-order chi connectivity index (χ1) is 15.8. The van der Waals surface area contributed by atoms with Gasteiger partial charge in [-0.05, 0) is 67.6 Å². The average molecular weight is 450 g/mol. The van der Waals surface area contributed by atoms with Crippen LogP contribution in [0.1, 0.15) is 42.9 Å². The van der Waals surface area contributed by atoms with Gasteiger partial charge in [0.05, 0.1) is 5.57 Å². The van der Waals surface area contributed by atoms with E-state index in [2.05, 4.69) is 12.2 Å². The monoisotopic (exact) mass is 449 g/mol. The predicted molar refractivity (Wildman–Crippen MR) is 134 cm³/mol. The summed E-state index contributed by atoms with van der Waals surface area (Å²) in [6, 6.07) is 13.7. The molecule has 6 nitrogen and oxygen atoms in total. The Balaban J connectivity index is 1.86. The van der Waals surface area contributed by atoms with E-state index in [-0.39, 0.29) is 11.8 Å². The summed E-state index contributed by atoms with van der Waals surface area (Å²) in [5, 5.41) is 3.24. The van der Waals surface area contributed by atoms with E-state index in [0.717, 1.165) is 40.9 Å². The van der Waals surface area contributed by atoms with Crippen molar-refractivity contribution in [3.05, 3.63) is 64.9 Å². The zero-order chi connectivity index (χ0) is 24.0. The Morgan fingerprint density at radius 3 is 2.24 bits per heavy atom. The number of nitrogens with one attached hydrogen (secondary N) is 1. The van der Waals surface area contributed by atoms with Crippen LogP contribution in [0.4, 0.5) is 11.4 Å². The fraction of sp³-hybridized carbons (Fsp3) is 0.407.